The van der Waals surface area contributed by atoms with Crippen LogP contribution >= 0.6 is 11.3 Å². The third-order valence-electron chi connectivity index (χ3n) is 3.72. The second kappa shape index (κ2) is 5.61. The molecule has 0 N–H and O–H groups in total. The molecule has 0 saturated heterocycles. The number of aromatic nitrogens is 1. The summed E-state index contributed by atoms with van der Waals surface area (Å²) < 4.78 is 37.4. The highest BCUT2D eigenvalue weighted by molar-refractivity contribution is 7.13. The van der Waals surface area contributed by atoms with Crippen molar-refractivity contribution in [2.24, 2.45) is 11.8 Å². The molecule has 0 radical (unpaired) electrons. The minimum atomic E-state index is -4.46. The van der Waals surface area contributed by atoms with Crippen LogP contribution in [0.15, 0.2) is 6.20 Å². The third kappa shape index (κ3) is 3.35. The average Bonchev–Trinajstić information content (AvgIpc) is 2.87. The first kappa shape index (κ1) is 14.5. The molecule has 0 bridgehead atoms. The second-order valence-corrected chi connectivity index (χ2v) is 6.06. The lowest BCUT2D eigenvalue weighted by molar-refractivity contribution is -0.137. The second-order valence-electron chi connectivity index (χ2n) is 5.03. The van der Waals surface area contributed by atoms with Gasteiger partial charge in [0.1, 0.15) is 0 Å². The minimum Gasteiger partial charge on any atom is -0.293 e. The SMILES string of the molecule is CCC1CCCC(C(=O)c2cnc(C(F)(F)F)s2)C1. The summed E-state index contributed by atoms with van der Waals surface area (Å²) in [6, 6.07) is 0. The summed E-state index contributed by atoms with van der Waals surface area (Å²) in [4.78, 5) is 15.7. The maximum atomic E-state index is 12.5. The number of hydrogen-bond acceptors (Lipinski definition) is 3. The van der Waals surface area contributed by atoms with Crippen LogP contribution in [0.4, 0.5) is 13.2 Å². The van der Waals surface area contributed by atoms with Gasteiger partial charge < -0.3 is 0 Å². The van der Waals surface area contributed by atoms with Crippen molar-refractivity contribution in [1.82, 2.24) is 4.98 Å². The highest BCUT2D eigenvalue weighted by atomic mass is 32.1. The average molecular weight is 291 g/mol. The first-order chi connectivity index (χ1) is 8.91. The van der Waals surface area contributed by atoms with Crippen LogP contribution in [0.2, 0.25) is 0 Å². The van der Waals surface area contributed by atoms with E-state index in [0.29, 0.717) is 17.3 Å². The van der Waals surface area contributed by atoms with Crippen molar-refractivity contribution in [1.29, 1.82) is 0 Å². The molecule has 2 nitrogen and oxygen atoms in total. The van der Waals surface area contributed by atoms with Crippen LogP contribution in [0.3, 0.4) is 0 Å². The molecule has 0 spiro atoms. The van der Waals surface area contributed by atoms with Gasteiger partial charge in [0.25, 0.3) is 0 Å². The molecule has 1 aromatic heterocycles. The summed E-state index contributed by atoms with van der Waals surface area (Å²) in [7, 11) is 0. The molecule has 1 aliphatic carbocycles. The molecule has 2 atom stereocenters. The third-order valence-corrected chi connectivity index (χ3v) is 4.78. The van der Waals surface area contributed by atoms with Crippen molar-refractivity contribution < 1.29 is 18.0 Å². The van der Waals surface area contributed by atoms with Crippen molar-refractivity contribution in [3.05, 3.63) is 16.1 Å². The van der Waals surface area contributed by atoms with E-state index in [1.807, 2.05) is 0 Å². The van der Waals surface area contributed by atoms with E-state index in [1.54, 1.807) is 0 Å². The monoisotopic (exact) mass is 291 g/mol. The van der Waals surface area contributed by atoms with E-state index in [2.05, 4.69) is 11.9 Å². The predicted molar refractivity (Wildman–Crippen MR) is 67.2 cm³/mol. The molecule has 1 heterocycles. The Morgan fingerprint density at radius 1 is 1.47 bits per heavy atom. The van der Waals surface area contributed by atoms with Gasteiger partial charge in [0.15, 0.2) is 10.8 Å². The Morgan fingerprint density at radius 3 is 2.79 bits per heavy atom. The zero-order valence-electron chi connectivity index (χ0n) is 10.7. The number of nitrogens with zero attached hydrogens (tertiary/aromatic N) is 1. The van der Waals surface area contributed by atoms with Crippen molar-refractivity contribution in [3.8, 4) is 0 Å². The van der Waals surface area contributed by atoms with Gasteiger partial charge in [-0.05, 0) is 18.8 Å². The molecule has 1 saturated carbocycles. The van der Waals surface area contributed by atoms with E-state index in [-0.39, 0.29) is 16.6 Å². The number of rotatable bonds is 3. The molecule has 0 amide bonds. The standard InChI is InChI=1S/C13H16F3NOS/c1-2-8-4-3-5-9(6-8)11(18)10-7-17-12(19-10)13(14,15)16/h7-9H,2-6H2,1H3. The fraction of sp³-hybridized carbons (Fsp3) is 0.692. The van der Waals surface area contributed by atoms with Crippen LogP contribution in [0, 0.1) is 11.8 Å². The largest absolute Gasteiger partial charge is 0.443 e. The maximum Gasteiger partial charge on any atom is 0.443 e. The van der Waals surface area contributed by atoms with E-state index in [0.717, 1.165) is 38.3 Å². The number of carbonyl (C=O) groups excluding carboxylic acids is 1. The van der Waals surface area contributed by atoms with Crippen molar-refractivity contribution in [3.63, 3.8) is 0 Å². The lowest BCUT2D eigenvalue weighted by Crippen LogP contribution is -2.22. The first-order valence-electron chi connectivity index (χ1n) is 6.49. The topological polar surface area (TPSA) is 30.0 Å². The molecule has 106 valence electrons. The summed E-state index contributed by atoms with van der Waals surface area (Å²) in [5.41, 5.74) is 0. The van der Waals surface area contributed by atoms with Gasteiger partial charge in [-0.15, -0.1) is 11.3 Å². The van der Waals surface area contributed by atoms with Gasteiger partial charge in [0.05, 0.1) is 4.88 Å². The Kier molecular flexibility index (Phi) is 4.28. The highest BCUT2D eigenvalue weighted by Crippen LogP contribution is 2.36. The van der Waals surface area contributed by atoms with E-state index in [1.165, 1.54) is 0 Å². The normalized spacial score (nSPS) is 24.4. The number of carbonyl (C=O) groups is 1. The van der Waals surface area contributed by atoms with Crippen LogP contribution in [0.5, 0.6) is 0 Å². The molecule has 1 aliphatic rings. The molecule has 0 aliphatic heterocycles. The maximum absolute atomic E-state index is 12.5. The molecule has 1 fully saturated rings. The highest BCUT2D eigenvalue weighted by Gasteiger charge is 2.36. The molecule has 19 heavy (non-hydrogen) atoms. The van der Waals surface area contributed by atoms with Crippen LogP contribution in [0.1, 0.15) is 53.7 Å². The summed E-state index contributed by atoms with van der Waals surface area (Å²) in [5, 5.41) is -0.932. The van der Waals surface area contributed by atoms with Gasteiger partial charge in [-0.1, -0.05) is 26.2 Å². The molecule has 2 unspecified atom stereocenters. The van der Waals surface area contributed by atoms with Crippen LogP contribution in [-0.4, -0.2) is 10.8 Å². The number of alkyl halides is 3. The molecule has 0 aromatic carbocycles. The van der Waals surface area contributed by atoms with Crippen LogP contribution < -0.4 is 0 Å². The first-order valence-corrected chi connectivity index (χ1v) is 7.30. The summed E-state index contributed by atoms with van der Waals surface area (Å²) >= 11 is 0.465. The summed E-state index contributed by atoms with van der Waals surface area (Å²) in [6.45, 7) is 2.09. The Bertz CT molecular complexity index is 455. The summed E-state index contributed by atoms with van der Waals surface area (Å²) in [5.74, 6) is 0.240. The lowest BCUT2D eigenvalue weighted by Gasteiger charge is -2.26. The minimum absolute atomic E-state index is 0.125. The van der Waals surface area contributed by atoms with Gasteiger partial charge in [0.2, 0.25) is 0 Å². The zero-order valence-corrected chi connectivity index (χ0v) is 11.5. The van der Waals surface area contributed by atoms with E-state index < -0.39 is 11.2 Å². The Hall–Kier alpha value is -0.910. The zero-order chi connectivity index (χ0) is 14.0. The Morgan fingerprint density at radius 2 is 2.21 bits per heavy atom. The van der Waals surface area contributed by atoms with Crippen LogP contribution in [-0.2, 0) is 6.18 Å². The number of thiazole rings is 1. The van der Waals surface area contributed by atoms with Crippen LogP contribution in [0.25, 0.3) is 0 Å². The van der Waals surface area contributed by atoms with Gasteiger partial charge in [-0.2, -0.15) is 13.2 Å². The Labute approximate surface area is 114 Å². The van der Waals surface area contributed by atoms with E-state index >= 15 is 0 Å². The lowest BCUT2D eigenvalue weighted by atomic mass is 9.78. The molecule has 6 heteroatoms. The van der Waals surface area contributed by atoms with E-state index in [4.69, 9.17) is 0 Å². The van der Waals surface area contributed by atoms with Gasteiger partial charge >= 0.3 is 6.18 Å². The van der Waals surface area contributed by atoms with Gasteiger partial charge in [-0.25, -0.2) is 4.98 Å². The smallest absolute Gasteiger partial charge is 0.293 e. The Balaban J connectivity index is 2.09. The molecular formula is C13H16F3NOS. The van der Waals surface area contributed by atoms with Crippen molar-refractivity contribution in [2.45, 2.75) is 45.2 Å². The molecule has 1 aromatic rings. The van der Waals surface area contributed by atoms with Crippen molar-refractivity contribution in [2.75, 3.05) is 0 Å². The number of hydrogen-bond donors (Lipinski definition) is 0. The molecular weight excluding hydrogens is 275 g/mol. The number of halogens is 3. The number of ketones is 1. The van der Waals surface area contributed by atoms with E-state index in [9.17, 15) is 18.0 Å². The number of Topliss-reactive ketones (excluding diaryl/α,β-unsaturated/α-hetero) is 1. The fourth-order valence-electron chi connectivity index (χ4n) is 2.62. The summed E-state index contributed by atoms with van der Waals surface area (Å²) in [6.07, 6.45) is 1.34. The predicted octanol–water partition coefficient (Wildman–Crippen LogP) is 4.56. The van der Waals surface area contributed by atoms with Gasteiger partial charge in [-0.3, -0.25) is 4.79 Å². The van der Waals surface area contributed by atoms with Crippen molar-refractivity contribution >= 4 is 17.1 Å². The quantitative estimate of drug-likeness (QED) is 0.764. The fourth-order valence-corrected chi connectivity index (χ4v) is 3.42. The molecule has 2 rings (SSSR count). The van der Waals surface area contributed by atoms with Gasteiger partial charge in [0, 0.05) is 12.1 Å².